The smallest absolute Gasteiger partial charge is 0.337 e. The van der Waals surface area contributed by atoms with E-state index in [1.54, 1.807) is 19.2 Å². The maximum absolute atomic E-state index is 11.4. The molecule has 6 nitrogen and oxygen atoms in total. The summed E-state index contributed by atoms with van der Waals surface area (Å²) in [5.74, 6) is -0.0448. The number of nitrogens with two attached hydrogens (primary N) is 1. The second kappa shape index (κ2) is 10.7. The van der Waals surface area contributed by atoms with Crippen molar-refractivity contribution in [3.63, 3.8) is 0 Å². The zero-order valence-electron chi connectivity index (χ0n) is 14.2. The summed E-state index contributed by atoms with van der Waals surface area (Å²) in [6, 6.07) is 14.8. The third-order valence-electron chi connectivity index (χ3n) is 3.39. The second-order valence-corrected chi connectivity index (χ2v) is 5.11. The zero-order chi connectivity index (χ0) is 17.4. The van der Waals surface area contributed by atoms with Crippen LogP contribution in [0.15, 0.2) is 53.5 Å². The zero-order valence-corrected chi connectivity index (χ0v) is 16.5. The summed E-state index contributed by atoms with van der Waals surface area (Å²) in [5, 5.41) is 3.08. The Hall–Kier alpha value is -2.13. The predicted octanol–water partition coefficient (Wildman–Crippen LogP) is 3.16. The number of guanidine groups is 1. The molecule has 0 heterocycles. The van der Waals surface area contributed by atoms with Crippen molar-refractivity contribution in [1.29, 1.82) is 0 Å². The van der Waals surface area contributed by atoms with Crippen LogP contribution in [0.2, 0.25) is 0 Å². The Bertz CT molecular complexity index is 718. The van der Waals surface area contributed by atoms with E-state index in [1.165, 1.54) is 7.11 Å². The highest BCUT2D eigenvalue weighted by molar-refractivity contribution is 14.0. The van der Waals surface area contributed by atoms with E-state index < -0.39 is 0 Å². The minimum atomic E-state index is -0.360. The molecule has 134 valence electrons. The summed E-state index contributed by atoms with van der Waals surface area (Å²) in [5.41, 5.74) is 9.25. The summed E-state index contributed by atoms with van der Waals surface area (Å²) in [6.07, 6.45) is 0. The van der Waals surface area contributed by atoms with E-state index in [9.17, 15) is 4.79 Å². The highest BCUT2D eigenvalue weighted by Gasteiger charge is 2.05. The number of ether oxygens (including phenoxy) is 2. The molecule has 0 bridgehead atoms. The summed E-state index contributed by atoms with van der Waals surface area (Å²) in [6.45, 7) is 0.901. The molecule has 7 heteroatoms. The molecule has 2 aromatic carbocycles. The first kappa shape index (κ1) is 20.9. The number of anilines is 1. The van der Waals surface area contributed by atoms with Crippen molar-refractivity contribution in [2.24, 2.45) is 10.7 Å². The van der Waals surface area contributed by atoms with Crippen molar-refractivity contribution in [3.05, 3.63) is 65.2 Å². The molecule has 0 aliphatic rings. The summed E-state index contributed by atoms with van der Waals surface area (Å²) in [7, 11) is 3.00. The van der Waals surface area contributed by atoms with E-state index in [2.05, 4.69) is 15.0 Å². The Kier molecular flexibility index (Phi) is 8.93. The summed E-state index contributed by atoms with van der Waals surface area (Å²) >= 11 is 0. The first-order valence-corrected chi connectivity index (χ1v) is 7.45. The lowest BCUT2D eigenvalue weighted by molar-refractivity contribution is 0.0600. The number of methoxy groups -OCH3 is 2. The Labute approximate surface area is 164 Å². The number of carbonyl (C=O) groups is 1. The largest absolute Gasteiger partial charge is 0.465 e. The third kappa shape index (κ3) is 6.35. The van der Waals surface area contributed by atoms with Crippen LogP contribution in [-0.2, 0) is 22.6 Å². The normalized spacial score (nSPS) is 10.7. The summed E-state index contributed by atoms with van der Waals surface area (Å²) < 4.78 is 9.83. The number of carbonyl (C=O) groups excluding carboxylic acids is 1. The number of esters is 1. The number of hydrogen-bond donors (Lipinski definition) is 2. The molecule has 0 unspecified atom stereocenters. The molecular weight excluding hydrogens is 433 g/mol. The van der Waals surface area contributed by atoms with Gasteiger partial charge in [0.15, 0.2) is 5.96 Å². The number of aliphatic imine (C=N–C) groups is 1. The maximum Gasteiger partial charge on any atom is 0.337 e. The SMILES string of the molecule is COCc1ccccc1NC(N)=NCc1ccc(C(=O)OC)cc1.I. The number of hydrogen-bond acceptors (Lipinski definition) is 4. The van der Waals surface area contributed by atoms with Gasteiger partial charge in [-0.2, -0.15) is 0 Å². The van der Waals surface area contributed by atoms with Gasteiger partial charge < -0.3 is 20.5 Å². The standard InChI is InChI=1S/C18H21N3O3.HI/c1-23-12-15-5-3-4-6-16(15)21-18(19)20-11-13-7-9-14(10-8-13)17(22)24-2;/h3-10H,11-12H2,1-2H3,(H3,19,20,21);1H. The molecule has 25 heavy (non-hydrogen) atoms. The number of nitrogens with zero attached hydrogens (tertiary/aromatic N) is 1. The molecule has 0 amide bonds. The lowest BCUT2D eigenvalue weighted by Gasteiger charge is -2.10. The number of nitrogens with one attached hydrogen (secondary N) is 1. The van der Waals surface area contributed by atoms with Crippen LogP contribution in [0, 0.1) is 0 Å². The summed E-state index contributed by atoms with van der Waals surface area (Å²) in [4.78, 5) is 15.7. The fourth-order valence-electron chi connectivity index (χ4n) is 2.14. The molecule has 3 N–H and O–H groups in total. The second-order valence-electron chi connectivity index (χ2n) is 5.11. The van der Waals surface area contributed by atoms with Gasteiger partial charge >= 0.3 is 5.97 Å². The van der Waals surface area contributed by atoms with Gasteiger partial charge in [0.25, 0.3) is 0 Å². The molecule has 0 fully saturated rings. The minimum absolute atomic E-state index is 0. The van der Waals surface area contributed by atoms with Gasteiger partial charge in [-0.15, -0.1) is 24.0 Å². The topological polar surface area (TPSA) is 85.9 Å². The van der Waals surface area contributed by atoms with Crippen molar-refractivity contribution in [3.8, 4) is 0 Å². The Morgan fingerprint density at radius 3 is 2.44 bits per heavy atom. The van der Waals surface area contributed by atoms with Gasteiger partial charge in [0.05, 0.1) is 25.8 Å². The van der Waals surface area contributed by atoms with Crippen LogP contribution in [0.4, 0.5) is 5.69 Å². The van der Waals surface area contributed by atoms with E-state index in [4.69, 9.17) is 10.5 Å². The first-order chi connectivity index (χ1) is 11.6. The fraction of sp³-hybridized carbons (Fsp3) is 0.222. The van der Waals surface area contributed by atoms with Crippen LogP contribution in [0.3, 0.4) is 0 Å². The highest BCUT2D eigenvalue weighted by atomic mass is 127. The predicted molar refractivity (Wildman–Crippen MR) is 109 cm³/mol. The number of benzene rings is 2. The van der Waals surface area contributed by atoms with Gasteiger partial charge in [-0.1, -0.05) is 30.3 Å². The molecule has 0 saturated carbocycles. The third-order valence-corrected chi connectivity index (χ3v) is 3.39. The van der Waals surface area contributed by atoms with E-state index >= 15 is 0 Å². The average Bonchev–Trinajstić information content (AvgIpc) is 2.61. The molecule has 0 aromatic heterocycles. The van der Waals surface area contributed by atoms with Gasteiger partial charge in [0, 0.05) is 18.4 Å². The van der Waals surface area contributed by atoms with Crippen molar-refractivity contribution in [2.75, 3.05) is 19.5 Å². The van der Waals surface area contributed by atoms with Crippen LogP contribution in [0.25, 0.3) is 0 Å². The van der Waals surface area contributed by atoms with Crippen LogP contribution in [0.1, 0.15) is 21.5 Å². The number of rotatable bonds is 6. The highest BCUT2D eigenvalue weighted by Crippen LogP contribution is 2.15. The van der Waals surface area contributed by atoms with E-state index in [0.29, 0.717) is 24.7 Å². The molecule has 0 atom stereocenters. The van der Waals surface area contributed by atoms with Crippen LogP contribution in [-0.4, -0.2) is 26.1 Å². The monoisotopic (exact) mass is 455 g/mol. The quantitative estimate of drug-likeness (QED) is 0.303. The van der Waals surface area contributed by atoms with Crippen molar-refractivity contribution < 1.29 is 14.3 Å². The molecule has 0 aliphatic heterocycles. The van der Waals surface area contributed by atoms with E-state index in [1.807, 2.05) is 36.4 Å². The molecule has 0 spiro atoms. The van der Waals surface area contributed by atoms with Crippen LogP contribution in [0.5, 0.6) is 0 Å². The molecule has 2 aromatic rings. The molecular formula is C18H22IN3O3. The Morgan fingerprint density at radius 2 is 1.80 bits per heavy atom. The average molecular weight is 455 g/mol. The number of para-hydroxylation sites is 1. The van der Waals surface area contributed by atoms with Crippen LogP contribution >= 0.6 is 24.0 Å². The molecule has 0 saturated heterocycles. The molecule has 0 aliphatic carbocycles. The molecule has 0 radical (unpaired) electrons. The molecule has 2 rings (SSSR count). The van der Waals surface area contributed by atoms with Gasteiger partial charge in [-0.25, -0.2) is 9.79 Å². The van der Waals surface area contributed by atoms with Crippen molar-refractivity contribution in [2.45, 2.75) is 13.2 Å². The maximum atomic E-state index is 11.4. The first-order valence-electron chi connectivity index (χ1n) is 7.45. The lowest BCUT2D eigenvalue weighted by atomic mass is 10.1. The number of halogens is 1. The lowest BCUT2D eigenvalue weighted by Crippen LogP contribution is -2.23. The Balaban J connectivity index is 0.00000312. The van der Waals surface area contributed by atoms with Crippen molar-refractivity contribution in [1.82, 2.24) is 0 Å². The van der Waals surface area contributed by atoms with Gasteiger partial charge in [-0.05, 0) is 23.8 Å². The van der Waals surface area contributed by atoms with Crippen LogP contribution < -0.4 is 11.1 Å². The van der Waals surface area contributed by atoms with Gasteiger partial charge in [0.1, 0.15) is 0 Å². The van der Waals surface area contributed by atoms with Crippen molar-refractivity contribution >= 4 is 41.6 Å². The van der Waals surface area contributed by atoms with E-state index in [0.717, 1.165) is 16.8 Å². The fourth-order valence-corrected chi connectivity index (χ4v) is 2.14. The van der Waals surface area contributed by atoms with E-state index in [-0.39, 0.29) is 29.9 Å². The van der Waals surface area contributed by atoms with Gasteiger partial charge in [-0.3, -0.25) is 0 Å². The Morgan fingerprint density at radius 1 is 1.12 bits per heavy atom. The minimum Gasteiger partial charge on any atom is -0.465 e. The van der Waals surface area contributed by atoms with Gasteiger partial charge in [0.2, 0.25) is 0 Å².